The number of aromatic nitrogens is 2. The molecule has 0 atom stereocenters. The van der Waals surface area contributed by atoms with E-state index in [1.165, 1.54) is 22.9 Å². The van der Waals surface area contributed by atoms with Gasteiger partial charge in [0.05, 0.1) is 10.7 Å². The first-order chi connectivity index (χ1) is 12.8. The Morgan fingerprint density at radius 3 is 2.63 bits per heavy atom. The van der Waals surface area contributed by atoms with Crippen molar-refractivity contribution in [2.24, 2.45) is 0 Å². The second-order valence-corrected chi connectivity index (χ2v) is 6.60. The number of hydrogen-bond acceptors (Lipinski definition) is 3. The van der Waals surface area contributed by atoms with Gasteiger partial charge in [0.15, 0.2) is 0 Å². The van der Waals surface area contributed by atoms with Gasteiger partial charge in [-0.05, 0) is 43.5 Å². The third-order valence-electron chi connectivity index (χ3n) is 4.12. The van der Waals surface area contributed by atoms with Gasteiger partial charge in [0.2, 0.25) is 5.91 Å². The summed E-state index contributed by atoms with van der Waals surface area (Å²) in [4.78, 5) is 12.3. The lowest BCUT2D eigenvalue weighted by molar-refractivity contribution is -0.117. The number of ether oxygens (including phenoxy) is 1. The Bertz CT molecular complexity index is 853. The zero-order valence-electron chi connectivity index (χ0n) is 14.2. The maximum absolute atomic E-state index is 13.0. The van der Waals surface area contributed by atoms with Crippen molar-refractivity contribution in [3.05, 3.63) is 40.2 Å². The molecule has 0 spiro atoms. The first kappa shape index (κ1) is 19.5. The second-order valence-electron chi connectivity index (χ2n) is 6.22. The minimum Gasteiger partial charge on any atom is -0.435 e. The van der Waals surface area contributed by atoms with Crippen LogP contribution >= 0.6 is 11.6 Å². The van der Waals surface area contributed by atoms with Crippen LogP contribution in [0.15, 0.2) is 18.2 Å². The lowest BCUT2D eigenvalue weighted by Gasteiger charge is -2.12. The number of hydrogen-bond donors (Lipinski definition) is 1. The number of carbonyl (C=O) groups excluding carboxylic acids is 1. The average molecular weight is 406 g/mol. The molecule has 1 heterocycles. The number of alkyl halides is 4. The van der Waals surface area contributed by atoms with E-state index in [2.05, 4.69) is 15.2 Å². The zero-order valence-corrected chi connectivity index (χ0v) is 14.9. The molecule has 5 nitrogen and oxygen atoms in total. The Hall–Kier alpha value is -2.29. The largest absolute Gasteiger partial charge is 0.435 e. The van der Waals surface area contributed by atoms with Crippen LogP contribution in [0.1, 0.15) is 42.1 Å². The molecule has 0 radical (unpaired) electrons. The van der Waals surface area contributed by atoms with Gasteiger partial charge in [-0.25, -0.2) is 8.78 Å². The number of benzene rings is 1. The quantitative estimate of drug-likeness (QED) is 0.666. The molecule has 0 saturated heterocycles. The monoisotopic (exact) mass is 405 g/mol. The van der Waals surface area contributed by atoms with E-state index in [1.807, 2.05) is 0 Å². The standard InChI is InChI=1S/C17H16ClF4N3O2/c1-8-6-10(27-17(21)22)4-5-11(8)23-12(26)7-25-15(9-2-3-9)13(18)14(24-25)16(19)20/h4-6,9,16-17H,2-3,7H2,1H3,(H,23,26). The van der Waals surface area contributed by atoms with Crippen LogP contribution in [0.2, 0.25) is 5.02 Å². The minimum atomic E-state index is -2.95. The van der Waals surface area contributed by atoms with Crippen LogP contribution in [-0.2, 0) is 11.3 Å². The summed E-state index contributed by atoms with van der Waals surface area (Å²) in [7, 11) is 0. The maximum atomic E-state index is 13.0. The van der Waals surface area contributed by atoms with Gasteiger partial charge in [-0.3, -0.25) is 9.48 Å². The highest BCUT2D eigenvalue weighted by molar-refractivity contribution is 6.32. The van der Waals surface area contributed by atoms with Crippen molar-refractivity contribution in [3.63, 3.8) is 0 Å². The van der Waals surface area contributed by atoms with Crippen molar-refractivity contribution >= 4 is 23.2 Å². The molecular formula is C17H16ClF4N3O2. The topological polar surface area (TPSA) is 56.1 Å². The van der Waals surface area contributed by atoms with Crippen molar-refractivity contribution in [1.29, 1.82) is 0 Å². The van der Waals surface area contributed by atoms with Crippen molar-refractivity contribution < 1.29 is 27.1 Å². The van der Waals surface area contributed by atoms with Gasteiger partial charge in [-0.2, -0.15) is 13.9 Å². The highest BCUT2D eigenvalue weighted by Crippen LogP contribution is 2.45. The van der Waals surface area contributed by atoms with Crippen LogP contribution in [0.5, 0.6) is 5.75 Å². The summed E-state index contributed by atoms with van der Waals surface area (Å²) in [6, 6.07) is 4.08. The van der Waals surface area contributed by atoms with E-state index < -0.39 is 24.6 Å². The number of rotatable bonds is 7. The second kappa shape index (κ2) is 7.75. The third-order valence-corrected chi connectivity index (χ3v) is 4.50. The summed E-state index contributed by atoms with van der Waals surface area (Å²) in [5.74, 6) is -0.503. The molecule has 1 saturated carbocycles. The van der Waals surface area contributed by atoms with Gasteiger partial charge < -0.3 is 10.1 Å². The molecule has 146 valence electrons. The lowest BCUT2D eigenvalue weighted by atomic mass is 10.2. The Balaban J connectivity index is 1.74. The molecule has 1 fully saturated rings. The van der Waals surface area contributed by atoms with E-state index >= 15 is 0 Å². The van der Waals surface area contributed by atoms with Crippen LogP contribution in [0.4, 0.5) is 23.2 Å². The van der Waals surface area contributed by atoms with Crippen molar-refractivity contribution in [1.82, 2.24) is 9.78 Å². The molecule has 0 bridgehead atoms. The minimum absolute atomic E-state index is 0.0258. The first-order valence-electron chi connectivity index (χ1n) is 8.15. The number of halogens is 5. The molecule has 3 rings (SSSR count). The van der Waals surface area contributed by atoms with Gasteiger partial charge >= 0.3 is 6.61 Å². The highest BCUT2D eigenvalue weighted by Gasteiger charge is 2.34. The number of anilines is 1. The van der Waals surface area contributed by atoms with E-state index in [0.29, 0.717) is 16.9 Å². The summed E-state index contributed by atoms with van der Waals surface area (Å²) < 4.78 is 56.1. The molecule has 1 aliphatic carbocycles. The van der Waals surface area contributed by atoms with E-state index in [9.17, 15) is 22.4 Å². The fourth-order valence-corrected chi connectivity index (χ4v) is 3.13. The molecule has 1 aromatic heterocycles. The number of amides is 1. The third kappa shape index (κ3) is 4.52. The zero-order chi connectivity index (χ0) is 19.7. The van der Waals surface area contributed by atoms with Crippen molar-refractivity contribution in [2.75, 3.05) is 5.32 Å². The van der Waals surface area contributed by atoms with E-state index in [4.69, 9.17) is 11.6 Å². The molecule has 1 aliphatic rings. The number of carbonyl (C=O) groups is 1. The molecule has 2 aromatic rings. The predicted molar refractivity (Wildman–Crippen MR) is 90.6 cm³/mol. The van der Waals surface area contributed by atoms with Crippen molar-refractivity contribution in [3.8, 4) is 5.75 Å². The SMILES string of the molecule is Cc1cc(OC(F)F)ccc1NC(=O)Cn1nc(C(F)F)c(Cl)c1C1CC1. The molecule has 10 heteroatoms. The molecule has 1 aromatic carbocycles. The van der Waals surface area contributed by atoms with Gasteiger partial charge in [0.25, 0.3) is 6.43 Å². The van der Waals surface area contributed by atoms with Crippen molar-refractivity contribution in [2.45, 2.75) is 45.3 Å². The Labute approximate surface area is 157 Å². The first-order valence-corrected chi connectivity index (χ1v) is 8.53. The number of nitrogens with zero attached hydrogens (tertiary/aromatic N) is 2. The fourth-order valence-electron chi connectivity index (χ4n) is 2.76. The normalized spacial score (nSPS) is 14.1. The number of nitrogens with one attached hydrogen (secondary N) is 1. The highest BCUT2D eigenvalue weighted by atomic mass is 35.5. The van der Waals surface area contributed by atoms with Crippen LogP contribution in [0, 0.1) is 6.92 Å². The fraction of sp³-hybridized carbons (Fsp3) is 0.412. The average Bonchev–Trinajstić information content (AvgIpc) is 3.34. The van der Waals surface area contributed by atoms with Gasteiger partial charge in [-0.15, -0.1) is 0 Å². The van der Waals surface area contributed by atoms with Gasteiger partial charge in [0, 0.05) is 11.6 Å². The molecular weight excluding hydrogens is 390 g/mol. The van der Waals surface area contributed by atoms with Gasteiger partial charge in [0.1, 0.15) is 18.0 Å². The maximum Gasteiger partial charge on any atom is 0.387 e. The van der Waals surface area contributed by atoms with Crippen LogP contribution in [-0.4, -0.2) is 22.3 Å². The number of aryl methyl sites for hydroxylation is 1. The van der Waals surface area contributed by atoms with Gasteiger partial charge in [-0.1, -0.05) is 11.6 Å². The summed E-state index contributed by atoms with van der Waals surface area (Å²) in [6.07, 6.45) is -1.22. The Kier molecular flexibility index (Phi) is 5.59. The molecule has 1 N–H and O–H groups in total. The summed E-state index contributed by atoms with van der Waals surface area (Å²) >= 11 is 6.02. The van der Waals surface area contributed by atoms with Crippen LogP contribution in [0.3, 0.4) is 0 Å². The van der Waals surface area contributed by atoms with Crippen LogP contribution in [0.25, 0.3) is 0 Å². The predicted octanol–water partition coefficient (Wildman–Crippen LogP) is 4.90. The Morgan fingerprint density at radius 2 is 2.07 bits per heavy atom. The van der Waals surface area contributed by atoms with E-state index in [-0.39, 0.29) is 23.2 Å². The van der Waals surface area contributed by atoms with E-state index in [1.54, 1.807) is 6.92 Å². The summed E-state index contributed by atoms with van der Waals surface area (Å²) in [5, 5.41) is 6.31. The van der Waals surface area contributed by atoms with E-state index in [0.717, 1.165) is 12.8 Å². The van der Waals surface area contributed by atoms with Crippen LogP contribution < -0.4 is 10.1 Å². The molecule has 0 unspecified atom stereocenters. The summed E-state index contributed by atoms with van der Waals surface area (Å²) in [6.45, 7) is -1.62. The Morgan fingerprint density at radius 1 is 1.37 bits per heavy atom. The smallest absolute Gasteiger partial charge is 0.387 e. The molecule has 0 aliphatic heterocycles. The molecule has 1 amide bonds. The summed E-state index contributed by atoms with van der Waals surface area (Å²) in [5.41, 5.74) is 0.813. The lowest BCUT2D eigenvalue weighted by Crippen LogP contribution is -2.21. The molecule has 27 heavy (non-hydrogen) atoms.